The molecule has 2 fully saturated rings. The molecule has 1 aromatic heterocycles. The lowest BCUT2D eigenvalue weighted by molar-refractivity contribution is -0.177. The molecular formula is C52H44N4O8S. The molecule has 2 N–H and O–H groups in total. The Morgan fingerprint density at radius 2 is 1.60 bits per heavy atom. The number of methoxy groups -OCH3 is 1. The molecule has 1 aliphatic carbocycles. The van der Waals surface area contributed by atoms with Gasteiger partial charge in [0, 0.05) is 12.7 Å². The fraction of sp³-hybridized carbons (Fsp3) is 0.250. The molecule has 0 radical (unpaired) electrons. The predicted octanol–water partition coefficient (Wildman–Crippen LogP) is 8.94. The van der Waals surface area contributed by atoms with E-state index in [1.807, 2.05) is 89.8 Å². The molecule has 4 heterocycles. The van der Waals surface area contributed by atoms with Crippen molar-refractivity contribution in [2.75, 3.05) is 30.5 Å². The first-order valence-corrected chi connectivity index (χ1v) is 22.5. The summed E-state index contributed by atoms with van der Waals surface area (Å²) in [6.45, 7) is -0.0836. The minimum absolute atomic E-state index is 0.0293. The van der Waals surface area contributed by atoms with Crippen LogP contribution in [-0.2, 0) is 34.0 Å². The van der Waals surface area contributed by atoms with Gasteiger partial charge in [0.1, 0.15) is 29.9 Å². The monoisotopic (exact) mass is 884 g/mol. The Bertz CT molecular complexity index is 2880. The number of anilines is 2. The van der Waals surface area contributed by atoms with Gasteiger partial charge >= 0.3 is 12.1 Å². The summed E-state index contributed by atoms with van der Waals surface area (Å²) in [5, 5.41) is 14.0. The third kappa shape index (κ3) is 7.33. The van der Waals surface area contributed by atoms with Crippen molar-refractivity contribution in [1.82, 2.24) is 9.88 Å². The number of amides is 3. The molecule has 6 aromatic rings. The van der Waals surface area contributed by atoms with Crippen LogP contribution in [0.15, 0.2) is 139 Å². The zero-order valence-electron chi connectivity index (χ0n) is 35.4. The van der Waals surface area contributed by atoms with Crippen molar-refractivity contribution in [2.45, 2.75) is 55.3 Å². The van der Waals surface area contributed by atoms with Gasteiger partial charge in [-0.2, -0.15) is 0 Å². The number of cyclic esters (lactones) is 1. The number of phenolic OH excluding ortho intramolecular Hbond substituents is 1. The van der Waals surface area contributed by atoms with Crippen molar-refractivity contribution in [3.63, 3.8) is 0 Å². The molecule has 1 spiro atoms. The van der Waals surface area contributed by atoms with E-state index >= 15 is 14.4 Å². The number of allylic oxidation sites excluding steroid dienone is 2. The van der Waals surface area contributed by atoms with Crippen molar-refractivity contribution >= 4 is 56.2 Å². The highest BCUT2D eigenvalue weighted by Gasteiger charge is 2.76. The Kier molecular flexibility index (Phi) is 11.2. The summed E-state index contributed by atoms with van der Waals surface area (Å²) in [7, 11) is 1.47. The maximum atomic E-state index is 16.3. The standard InChI is InChI=1S/C52H44N4O8S/c1-62-29-30-63-51(61)55-40-28-23-33(22-21-32-13-5-2-6-14-32)31-38(40)52(49(55)60)42(47(58)54-50-53-39-19-11-12-20-41(39)65-50)44-48(59)64-45(35-17-9-4-10-18-35)43(34-15-7-3-8-16-34)56(44)46(52)36-24-26-37(57)27-25-36/h3-4,7-13,15-20,23-28,31,42-46,57H,2,5-6,14,29-30H2,1H3,(H,53,54,58)/t42-,43-,44-,45+,46+,52-/m0/s1. The lowest BCUT2D eigenvalue weighted by Crippen LogP contribution is -2.54. The SMILES string of the molecule is COCCOC(=O)N1C(=O)[C@@]2(c3cc(C#CC4=CCCCC4)ccc31)[C@H](C(=O)Nc1nc3ccccc3s1)[C@H]1C(=O)O[C@H](c3ccccc3)[C@H](c3ccccc3)N1[C@@H]2c1ccc(O)cc1. The number of carbonyl (C=O) groups is 4. The quantitative estimate of drug-likeness (QED) is 0.0863. The topological polar surface area (TPSA) is 148 Å². The smallest absolute Gasteiger partial charge is 0.421 e. The van der Waals surface area contributed by atoms with E-state index < -0.39 is 59.4 Å². The number of thiazole rings is 1. The largest absolute Gasteiger partial charge is 0.508 e. The van der Waals surface area contributed by atoms with Crippen molar-refractivity contribution < 1.29 is 38.5 Å². The first-order chi connectivity index (χ1) is 31.8. The molecule has 12 nitrogen and oxygen atoms in total. The summed E-state index contributed by atoms with van der Waals surface area (Å²) in [6, 6.07) is 34.6. The van der Waals surface area contributed by atoms with E-state index in [4.69, 9.17) is 19.2 Å². The third-order valence-corrected chi connectivity index (χ3v) is 13.8. The zero-order chi connectivity index (χ0) is 44.7. The van der Waals surface area contributed by atoms with Crippen LogP contribution >= 0.6 is 11.3 Å². The Morgan fingerprint density at radius 3 is 2.32 bits per heavy atom. The summed E-state index contributed by atoms with van der Waals surface area (Å²) in [6.07, 6.45) is 4.18. The number of para-hydroxylation sites is 1. The van der Waals surface area contributed by atoms with E-state index in [1.165, 1.54) is 30.6 Å². The number of aromatic hydroxyl groups is 1. The maximum Gasteiger partial charge on any atom is 0.421 e. The van der Waals surface area contributed by atoms with Crippen molar-refractivity contribution in [2.24, 2.45) is 5.92 Å². The number of morpholine rings is 1. The number of benzene rings is 5. The number of ether oxygens (including phenoxy) is 3. The number of aromatic nitrogens is 1. The summed E-state index contributed by atoms with van der Waals surface area (Å²) >= 11 is 1.26. The van der Waals surface area contributed by atoms with Gasteiger partial charge in [-0.1, -0.05) is 114 Å². The lowest BCUT2D eigenvalue weighted by Gasteiger charge is -2.46. The van der Waals surface area contributed by atoms with E-state index in [2.05, 4.69) is 23.2 Å². The number of fused-ring (bicyclic) bond motifs is 4. The van der Waals surface area contributed by atoms with Gasteiger partial charge in [-0.05, 0) is 96.0 Å². The number of hydrogen-bond donors (Lipinski definition) is 2. The highest BCUT2D eigenvalue weighted by Crippen LogP contribution is 2.66. The fourth-order valence-electron chi connectivity index (χ4n) is 10.1. The molecule has 5 aromatic carbocycles. The summed E-state index contributed by atoms with van der Waals surface area (Å²) < 4.78 is 18.3. The molecule has 3 aliphatic heterocycles. The molecule has 2 saturated heterocycles. The van der Waals surface area contributed by atoms with Gasteiger partial charge in [-0.25, -0.2) is 14.7 Å². The van der Waals surface area contributed by atoms with Gasteiger partial charge in [-0.15, -0.1) is 0 Å². The average Bonchev–Trinajstić information content (AvgIpc) is 3.97. The number of nitrogens with one attached hydrogen (secondary N) is 1. The average molecular weight is 885 g/mol. The summed E-state index contributed by atoms with van der Waals surface area (Å²) in [5.74, 6) is 2.89. The highest BCUT2D eigenvalue weighted by molar-refractivity contribution is 7.22. The molecule has 4 aliphatic rings. The Labute approximate surface area is 379 Å². The van der Waals surface area contributed by atoms with Crippen LogP contribution in [0.4, 0.5) is 15.6 Å². The van der Waals surface area contributed by atoms with Crippen LogP contribution in [0.25, 0.3) is 10.2 Å². The summed E-state index contributed by atoms with van der Waals surface area (Å²) in [4.78, 5) is 69.5. The third-order valence-electron chi connectivity index (χ3n) is 12.8. The number of nitrogens with zero attached hydrogens (tertiary/aromatic N) is 3. The molecular weight excluding hydrogens is 841 g/mol. The second-order valence-electron chi connectivity index (χ2n) is 16.5. The van der Waals surface area contributed by atoms with E-state index in [0.29, 0.717) is 27.8 Å². The highest BCUT2D eigenvalue weighted by atomic mass is 32.1. The number of rotatable bonds is 8. The van der Waals surface area contributed by atoms with Crippen molar-refractivity contribution in [1.29, 1.82) is 0 Å². The van der Waals surface area contributed by atoms with Crippen LogP contribution in [-0.4, -0.2) is 65.2 Å². The van der Waals surface area contributed by atoms with Gasteiger partial charge in [0.05, 0.1) is 40.5 Å². The molecule has 326 valence electrons. The number of carbonyl (C=O) groups excluding carboxylic acids is 4. The van der Waals surface area contributed by atoms with Gasteiger partial charge in [0.2, 0.25) is 11.8 Å². The maximum absolute atomic E-state index is 16.3. The lowest BCUT2D eigenvalue weighted by atomic mass is 9.65. The molecule has 0 saturated carbocycles. The first kappa shape index (κ1) is 41.9. The Hall–Kier alpha value is -7.11. The van der Waals surface area contributed by atoms with Gasteiger partial charge in [0.15, 0.2) is 5.13 Å². The second-order valence-corrected chi connectivity index (χ2v) is 17.6. The number of esters is 1. The first-order valence-electron chi connectivity index (χ1n) is 21.7. The minimum Gasteiger partial charge on any atom is -0.508 e. The van der Waals surface area contributed by atoms with Crippen molar-refractivity contribution in [3.8, 4) is 17.6 Å². The van der Waals surface area contributed by atoms with E-state index in [1.54, 1.807) is 30.3 Å². The fourth-order valence-corrected chi connectivity index (χ4v) is 11.0. The van der Waals surface area contributed by atoms with E-state index in [9.17, 15) is 9.90 Å². The van der Waals surface area contributed by atoms with Crippen LogP contribution in [0.1, 0.15) is 71.7 Å². The van der Waals surface area contributed by atoms with Crippen molar-refractivity contribution in [3.05, 3.63) is 167 Å². The van der Waals surface area contributed by atoms with E-state index in [-0.39, 0.29) is 29.8 Å². The van der Waals surface area contributed by atoms with Crippen LogP contribution in [0.3, 0.4) is 0 Å². The molecule has 0 bridgehead atoms. The Morgan fingerprint density at radius 1 is 0.862 bits per heavy atom. The van der Waals surface area contributed by atoms with Gasteiger partial charge < -0.3 is 24.6 Å². The minimum atomic E-state index is -2.03. The molecule has 6 atom stereocenters. The van der Waals surface area contributed by atoms with Crippen LogP contribution < -0.4 is 10.2 Å². The summed E-state index contributed by atoms with van der Waals surface area (Å²) in [5.41, 5.74) is 2.64. The van der Waals surface area contributed by atoms with Crippen LogP contribution in [0, 0.1) is 17.8 Å². The molecule has 3 amide bonds. The molecule has 10 rings (SSSR count). The number of phenols is 1. The second kappa shape index (κ2) is 17.5. The van der Waals surface area contributed by atoms with Gasteiger partial charge in [-0.3, -0.25) is 19.3 Å². The number of hydrogen-bond acceptors (Lipinski definition) is 11. The predicted molar refractivity (Wildman–Crippen MR) is 245 cm³/mol. The molecule has 65 heavy (non-hydrogen) atoms. The zero-order valence-corrected chi connectivity index (χ0v) is 36.2. The van der Waals surface area contributed by atoms with Gasteiger partial charge in [0.25, 0.3) is 0 Å². The molecule has 13 heteroatoms. The van der Waals surface area contributed by atoms with Crippen LogP contribution in [0.5, 0.6) is 5.75 Å². The number of imide groups is 1. The normalized spacial score (nSPS) is 23.6. The van der Waals surface area contributed by atoms with E-state index in [0.717, 1.165) is 46.4 Å². The van der Waals surface area contributed by atoms with Crippen LogP contribution in [0.2, 0.25) is 0 Å². The Balaban J connectivity index is 1.26. The molecule has 0 unspecified atom stereocenters.